The summed E-state index contributed by atoms with van der Waals surface area (Å²) in [7, 11) is 2.01. The van der Waals surface area contributed by atoms with Crippen LogP contribution in [0.3, 0.4) is 0 Å². The zero-order valence-electron chi connectivity index (χ0n) is 40.1. The van der Waals surface area contributed by atoms with Crippen LogP contribution in [0.1, 0.15) is 96.8 Å². The van der Waals surface area contributed by atoms with Gasteiger partial charge in [0, 0.05) is 33.7 Å². The highest BCUT2D eigenvalue weighted by Crippen LogP contribution is 2.54. The van der Waals surface area contributed by atoms with Crippen molar-refractivity contribution in [2.45, 2.75) is 75.8 Å². The van der Waals surface area contributed by atoms with E-state index < -0.39 is 40.3 Å². The fourth-order valence-corrected chi connectivity index (χ4v) is 14.2. The van der Waals surface area contributed by atoms with Gasteiger partial charge in [-0.25, -0.2) is 29.2 Å². The average molecular weight is 984 g/mol. The van der Waals surface area contributed by atoms with Crippen LogP contribution in [0.15, 0.2) is 91.3 Å². The summed E-state index contributed by atoms with van der Waals surface area (Å²) in [6, 6.07) is 24.1. The number of halogens is 1. The molecule has 0 radical (unpaired) electrons. The van der Waals surface area contributed by atoms with E-state index in [9.17, 15) is 14.4 Å². The number of nitrogens with one attached hydrogen (secondary N) is 4. The number of benzene rings is 3. The molecule has 0 bridgehead atoms. The van der Waals surface area contributed by atoms with E-state index in [1.165, 1.54) is 30.9 Å². The first-order valence-corrected chi connectivity index (χ1v) is 27.6. The SMILES string of the molecule is CNC(C(=O)N1CS(C)(C)C[C@H]1c1ncc(-c2ccc3c(c2)cc2n3[C@H](c3ccc(C4CC4)s3)Oc3cc(-c4cnc([C@@H]5CCCN5C(=O)[C@@H](NC(=O)OC)C(C)C)[nH]4)cc(F)c3-2)[nH]1)c1ccccc1. The molecule has 70 heavy (non-hydrogen) atoms. The molecular formula is C53H58FN9O5S2. The number of nitrogens with zero attached hydrogens (tertiary/aromatic N) is 5. The predicted octanol–water partition coefficient (Wildman–Crippen LogP) is 10.0. The van der Waals surface area contributed by atoms with E-state index in [-0.39, 0.29) is 29.8 Å². The number of aromatic amines is 2. The first-order chi connectivity index (χ1) is 33.8. The molecular weight excluding hydrogens is 926 g/mol. The van der Waals surface area contributed by atoms with Gasteiger partial charge in [0.1, 0.15) is 35.3 Å². The van der Waals surface area contributed by atoms with Gasteiger partial charge < -0.3 is 39.9 Å². The van der Waals surface area contributed by atoms with E-state index in [0.29, 0.717) is 58.8 Å². The second-order valence-electron chi connectivity index (χ2n) is 19.9. The van der Waals surface area contributed by atoms with Crippen molar-refractivity contribution in [1.82, 2.24) is 44.9 Å². The number of hydrogen-bond donors (Lipinski definition) is 4. The number of alkyl carbamates (subject to hydrolysis) is 1. The largest absolute Gasteiger partial charge is 0.464 e. The van der Waals surface area contributed by atoms with Crippen LogP contribution in [0.5, 0.6) is 5.75 Å². The molecule has 4 N–H and O–H groups in total. The quantitative estimate of drug-likeness (QED) is 0.0941. The second kappa shape index (κ2) is 18.1. The lowest BCUT2D eigenvalue weighted by atomic mass is 10.0. The molecule has 3 amide bonds. The van der Waals surface area contributed by atoms with E-state index in [4.69, 9.17) is 19.4 Å². The summed E-state index contributed by atoms with van der Waals surface area (Å²) in [5.41, 5.74) is 5.84. The number of carbonyl (C=O) groups is 3. The highest BCUT2D eigenvalue weighted by Gasteiger charge is 2.43. The van der Waals surface area contributed by atoms with Crippen LogP contribution in [0.4, 0.5) is 9.18 Å². The molecule has 1 aliphatic carbocycles. The number of imidazole rings is 2. The summed E-state index contributed by atoms with van der Waals surface area (Å²) in [4.78, 5) is 63.0. The second-order valence-corrected chi connectivity index (χ2v) is 25.2. The molecule has 5 atom stereocenters. The number of amides is 3. The summed E-state index contributed by atoms with van der Waals surface area (Å²) >= 11 is 1.75. The number of likely N-dealkylation sites (tertiary alicyclic amines) is 1. The van der Waals surface area contributed by atoms with Gasteiger partial charge in [-0.1, -0.05) is 50.2 Å². The highest BCUT2D eigenvalue weighted by molar-refractivity contribution is 8.32. The van der Waals surface area contributed by atoms with Gasteiger partial charge in [-0.3, -0.25) is 14.2 Å². The Morgan fingerprint density at radius 2 is 1.60 bits per heavy atom. The summed E-state index contributed by atoms with van der Waals surface area (Å²) in [5.74, 6) is 3.11. The molecule has 2 saturated heterocycles. The van der Waals surface area contributed by atoms with Crippen molar-refractivity contribution in [1.29, 1.82) is 0 Å². The first kappa shape index (κ1) is 46.0. The molecule has 1 unspecified atom stereocenters. The molecule has 4 aromatic heterocycles. The van der Waals surface area contributed by atoms with Crippen LogP contribution < -0.4 is 15.4 Å². The van der Waals surface area contributed by atoms with Gasteiger partial charge in [-0.05, 0) is 105 Å². The van der Waals surface area contributed by atoms with Gasteiger partial charge >= 0.3 is 6.09 Å². The Balaban J connectivity index is 0.916. The fraction of sp³-hybridized carbons (Fsp3) is 0.377. The third-order valence-electron chi connectivity index (χ3n) is 14.3. The molecule has 4 aliphatic rings. The van der Waals surface area contributed by atoms with Crippen molar-refractivity contribution >= 4 is 50.2 Å². The fourth-order valence-electron chi connectivity index (χ4n) is 10.6. The van der Waals surface area contributed by atoms with Gasteiger partial charge in [0.25, 0.3) is 0 Å². The van der Waals surface area contributed by atoms with Crippen LogP contribution in [-0.4, -0.2) is 103 Å². The summed E-state index contributed by atoms with van der Waals surface area (Å²) < 4.78 is 30.8. The van der Waals surface area contributed by atoms with Gasteiger partial charge in [0.2, 0.25) is 18.0 Å². The number of H-pyrrole nitrogens is 2. The molecule has 14 nitrogen and oxygen atoms in total. The van der Waals surface area contributed by atoms with Gasteiger partial charge in [-0.2, -0.15) is 0 Å². The maximum atomic E-state index is 17.0. The van der Waals surface area contributed by atoms with Crippen LogP contribution in [0.2, 0.25) is 0 Å². The number of fused-ring (bicyclic) bond motifs is 5. The lowest BCUT2D eigenvalue weighted by Crippen LogP contribution is -2.51. The Hall–Kier alpha value is -6.43. The Morgan fingerprint density at radius 3 is 2.31 bits per heavy atom. The number of likely N-dealkylation sites (N-methyl/N-ethyl adjacent to an activating group) is 1. The van der Waals surface area contributed by atoms with Crippen molar-refractivity contribution in [3.8, 4) is 39.5 Å². The Bertz CT molecular complexity index is 3140. The maximum absolute atomic E-state index is 17.0. The number of methoxy groups -OCH3 is 1. The lowest BCUT2D eigenvalue weighted by molar-refractivity contribution is -0.135. The average Bonchev–Trinajstić information content (AvgIpc) is 4.03. The predicted molar refractivity (Wildman–Crippen MR) is 272 cm³/mol. The van der Waals surface area contributed by atoms with Crippen molar-refractivity contribution in [3.63, 3.8) is 0 Å². The number of aromatic nitrogens is 5. The number of rotatable bonds is 12. The maximum Gasteiger partial charge on any atom is 0.407 e. The monoisotopic (exact) mass is 983 g/mol. The molecule has 364 valence electrons. The molecule has 3 aromatic carbocycles. The van der Waals surface area contributed by atoms with Crippen LogP contribution >= 0.6 is 21.4 Å². The molecule has 7 aromatic rings. The normalized spacial score (nSPS) is 20.8. The number of carbonyl (C=O) groups excluding carboxylic acids is 3. The molecule has 17 heteroatoms. The van der Waals surface area contributed by atoms with Crippen molar-refractivity contribution in [3.05, 3.63) is 124 Å². The summed E-state index contributed by atoms with van der Waals surface area (Å²) in [6.45, 7) is 4.28. The van der Waals surface area contributed by atoms with E-state index in [2.05, 4.69) is 68.0 Å². The minimum Gasteiger partial charge on any atom is -0.464 e. The van der Waals surface area contributed by atoms with Crippen molar-refractivity contribution in [2.75, 3.05) is 44.8 Å². The molecule has 7 heterocycles. The molecule has 1 saturated carbocycles. The minimum atomic E-state index is -1.10. The summed E-state index contributed by atoms with van der Waals surface area (Å²) in [6.07, 6.45) is 10.7. The minimum absolute atomic E-state index is 0.0348. The Labute approximate surface area is 411 Å². The van der Waals surface area contributed by atoms with Gasteiger partial charge in [0.15, 0.2) is 0 Å². The summed E-state index contributed by atoms with van der Waals surface area (Å²) in [5, 5.41) is 6.88. The third-order valence-corrected chi connectivity index (χ3v) is 17.8. The van der Waals surface area contributed by atoms with Gasteiger partial charge in [-0.15, -0.1) is 11.3 Å². The first-order valence-electron chi connectivity index (χ1n) is 24.0. The van der Waals surface area contributed by atoms with Crippen molar-refractivity contribution < 1.29 is 28.2 Å². The number of thiophene rings is 1. The standard InChI is InChI=1S/C53H58FN9O5S2/c1-29(2)46(60-53(66)67-4)50(64)61-20-10-13-39(61)48-56-26-37(59-48)33-22-35(54)45-40-23-34-21-32(16-17-38(34)63(40)52(68-42(45)24-33)44-19-18-43(69-44)30-14-15-30)36-25-57-49(58-36)41-27-70(5,6)28-62(41)51(65)47(55-3)31-11-8-7-9-12-31/h7-9,11-12,16-19,21-26,29-30,39,41,46-47,52,55H,10,13-15,20,27-28H2,1-6H3,(H,56,59)(H,57,58)(H,60,66)/t39-,41-,46-,47?,52-/m0/s1. The molecule has 0 spiro atoms. The molecule has 11 rings (SSSR count). The Kier molecular flexibility index (Phi) is 11.9. The van der Waals surface area contributed by atoms with E-state index in [0.717, 1.165) is 50.6 Å². The van der Waals surface area contributed by atoms with Crippen molar-refractivity contribution in [2.24, 2.45) is 5.92 Å². The van der Waals surface area contributed by atoms with E-state index in [1.54, 1.807) is 22.4 Å². The van der Waals surface area contributed by atoms with E-state index >= 15 is 4.39 Å². The molecule has 3 aliphatic heterocycles. The Morgan fingerprint density at radius 1 is 0.871 bits per heavy atom. The highest BCUT2D eigenvalue weighted by atomic mass is 32.3. The molecule has 3 fully saturated rings. The zero-order valence-corrected chi connectivity index (χ0v) is 41.8. The number of ether oxygens (including phenoxy) is 2. The zero-order chi connectivity index (χ0) is 48.6. The van der Waals surface area contributed by atoms with Crippen LogP contribution in [-0.2, 0) is 14.3 Å². The number of hydrogen-bond acceptors (Lipinski definition) is 9. The lowest BCUT2D eigenvalue weighted by Gasteiger charge is -2.30. The smallest absolute Gasteiger partial charge is 0.407 e. The topological polar surface area (TPSA) is 162 Å². The third kappa shape index (κ3) is 8.34. The van der Waals surface area contributed by atoms with Gasteiger partial charge in [0.05, 0.1) is 70.5 Å². The van der Waals surface area contributed by atoms with E-state index in [1.807, 2.05) is 74.5 Å². The van der Waals surface area contributed by atoms with Crippen LogP contribution in [0.25, 0.3) is 44.7 Å². The van der Waals surface area contributed by atoms with Crippen LogP contribution in [0, 0.1) is 11.7 Å².